The first-order valence-electron chi connectivity index (χ1n) is 7.89. The van der Waals surface area contributed by atoms with Crippen molar-refractivity contribution < 1.29 is 0 Å². The van der Waals surface area contributed by atoms with Crippen molar-refractivity contribution in [3.05, 3.63) is 91.1 Å². The number of para-hydroxylation sites is 1. The van der Waals surface area contributed by atoms with Crippen molar-refractivity contribution in [1.82, 2.24) is 4.57 Å². The lowest BCUT2D eigenvalue weighted by Gasteiger charge is -2.10. The summed E-state index contributed by atoms with van der Waals surface area (Å²) in [7, 11) is 0. The number of hydrogen-bond donors (Lipinski definition) is 0. The van der Waals surface area contributed by atoms with Crippen molar-refractivity contribution in [1.29, 1.82) is 0 Å². The Kier molecular flexibility index (Phi) is 2.56. The van der Waals surface area contributed by atoms with Gasteiger partial charge in [0.05, 0.1) is 5.52 Å². The summed E-state index contributed by atoms with van der Waals surface area (Å²) >= 11 is 0. The Morgan fingerprint density at radius 1 is 0.478 bits per heavy atom. The third kappa shape index (κ3) is 1.80. The van der Waals surface area contributed by atoms with E-state index in [1.807, 2.05) is 0 Å². The van der Waals surface area contributed by atoms with Crippen molar-refractivity contribution in [2.75, 3.05) is 0 Å². The fourth-order valence-corrected chi connectivity index (χ4v) is 3.53. The summed E-state index contributed by atoms with van der Waals surface area (Å²) in [5.41, 5.74) is 2.47. The van der Waals surface area contributed by atoms with E-state index >= 15 is 0 Å². The van der Waals surface area contributed by atoms with Crippen molar-refractivity contribution >= 4 is 32.4 Å². The molecule has 0 unspecified atom stereocenters. The van der Waals surface area contributed by atoms with Crippen molar-refractivity contribution in [3.63, 3.8) is 0 Å². The molecule has 0 fully saturated rings. The van der Waals surface area contributed by atoms with Crippen LogP contribution in [-0.4, -0.2) is 4.57 Å². The van der Waals surface area contributed by atoms with Crippen LogP contribution in [0.5, 0.6) is 0 Å². The molecule has 0 aliphatic heterocycles. The predicted octanol–water partition coefficient (Wildman–Crippen LogP) is 5.94. The van der Waals surface area contributed by atoms with Gasteiger partial charge in [0.15, 0.2) is 0 Å². The number of benzene rings is 4. The summed E-state index contributed by atoms with van der Waals surface area (Å²) in [6.45, 7) is 0. The van der Waals surface area contributed by atoms with E-state index in [0.29, 0.717) is 0 Å². The second-order valence-electron chi connectivity index (χ2n) is 5.91. The topological polar surface area (TPSA) is 4.93 Å². The molecule has 1 aromatic heterocycles. The van der Waals surface area contributed by atoms with Gasteiger partial charge in [0.1, 0.15) is 0 Å². The smallest absolute Gasteiger partial charge is 0.0607 e. The summed E-state index contributed by atoms with van der Waals surface area (Å²) in [4.78, 5) is 0. The zero-order chi connectivity index (χ0) is 15.2. The molecular weight excluding hydrogens is 278 g/mol. The highest BCUT2D eigenvalue weighted by Crippen LogP contribution is 2.32. The molecule has 0 atom stereocenters. The molecule has 1 heterocycles. The molecule has 5 aromatic rings. The molecule has 0 amide bonds. The Morgan fingerprint density at radius 2 is 1.22 bits per heavy atom. The summed E-state index contributed by atoms with van der Waals surface area (Å²) in [6, 6.07) is 30.3. The first-order valence-corrected chi connectivity index (χ1v) is 7.89. The molecule has 0 N–H and O–H groups in total. The van der Waals surface area contributed by atoms with Crippen molar-refractivity contribution in [2.24, 2.45) is 0 Å². The van der Waals surface area contributed by atoms with Gasteiger partial charge < -0.3 is 4.57 Å². The minimum atomic E-state index is 1.20. The van der Waals surface area contributed by atoms with Crippen LogP contribution in [0.3, 0.4) is 0 Å². The van der Waals surface area contributed by atoms with E-state index in [0.717, 1.165) is 0 Å². The average Bonchev–Trinajstić information content (AvgIpc) is 3.06. The summed E-state index contributed by atoms with van der Waals surface area (Å²) < 4.78 is 2.28. The molecular formula is C22H15N. The maximum absolute atomic E-state index is 2.28. The van der Waals surface area contributed by atoms with Crippen LogP contribution >= 0.6 is 0 Å². The van der Waals surface area contributed by atoms with Gasteiger partial charge in [-0.05, 0) is 34.4 Å². The zero-order valence-corrected chi connectivity index (χ0v) is 12.6. The maximum Gasteiger partial charge on any atom is 0.0607 e. The Balaban J connectivity index is 1.96. The first kappa shape index (κ1) is 12.5. The number of rotatable bonds is 1. The second-order valence-corrected chi connectivity index (χ2v) is 5.91. The van der Waals surface area contributed by atoms with Crippen LogP contribution in [0, 0.1) is 0 Å². The van der Waals surface area contributed by atoms with E-state index in [2.05, 4.69) is 95.7 Å². The lowest BCUT2D eigenvalue weighted by molar-refractivity contribution is 1.13. The van der Waals surface area contributed by atoms with Crippen LogP contribution < -0.4 is 0 Å². The SMILES string of the molecule is c1ccc(-n2ccc3ccc4c5ccccc5ccc4c32)cc1. The van der Waals surface area contributed by atoms with Gasteiger partial charge in [0, 0.05) is 22.7 Å². The predicted molar refractivity (Wildman–Crippen MR) is 98.3 cm³/mol. The van der Waals surface area contributed by atoms with Gasteiger partial charge >= 0.3 is 0 Å². The van der Waals surface area contributed by atoms with Gasteiger partial charge in [0.2, 0.25) is 0 Å². The van der Waals surface area contributed by atoms with Crippen LogP contribution in [-0.2, 0) is 0 Å². The van der Waals surface area contributed by atoms with Gasteiger partial charge in [-0.2, -0.15) is 0 Å². The van der Waals surface area contributed by atoms with E-state index < -0.39 is 0 Å². The van der Waals surface area contributed by atoms with Gasteiger partial charge in [-0.3, -0.25) is 0 Å². The van der Waals surface area contributed by atoms with Crippen LogP contribution in [0.2, 0.25) is 0 Å². The number of hydrogen-bond acceptors (Lipinski definition) is 0. The molecule has 0 saturated carbocycles. The summed E-state index contributed by atoms with van der Waals surface area (Å²) in [5.74, 6) is 0. The van der Waals surface area contributed by atoms with E-state index in [4.69, 9.17) is 0 Å². The second kappa shape index (κ2) is 4.72. The largest absolute Gasteiger partial charge is 0.316 e. The first-order chi connectivity index (χ1) is 11.4. The summed E-state index contributed by atoms with van der Waals surface area (Å²) in [6.07, 6.45) is 2.16. The third-order valence-electron chi connectivity index (χ3n) is 4.61. The highest BCUT2D eigenvalue weighted by Gasteiger charge is 2.09. The quantitative estimate of drug-likeness (QED) is 0.337. The Hall–Kier alpha value is -3.06. The fraction of sp³-hybridized carbons (Fsp3) is 0. The maximum atomic E-state index is 2.28. The highest BCUT2D eigenvalue weighted by molar-refractivity contribution is 6.16. The average molecular weight is 293 g/mol. The van der Waals surface area contributed by atoms with E-state index in [-0.39, 0.29) is 0 Å². The number of fused-ring (bicyclic) bond motifs is 5. The molecule has 0 aliphatic carbocycles. The molecule has 5 rings (SSSR count). The van der Waals surface area contributed by atoms with E-state index in [1.165, 1.54) is 38.1 Å². The van der Waals surface area contributed by atoms with E-state index in [1.54, 1.807) is 0 Å². The van der Waals surface area contributed by atoms with Gasteiger partial charge in [-0.15, -0.1) is 0 Å². The normalized spacial score (nSPS) is 11.5. The van der Waals surface area contributed by atoms with Gasteiger partial charge in [-0.1, -0.05) is 66.7 Å². The lowest BCUT2D eigenvalue weighted by atomic mass is 10.0. The molecule has 0 bridgehead atoms. The molecule has 0 aliphatic rings. The standard InChI is InChI=1S/C22H15N/c1-2-7-18(8-3-1)23-15-14-17-11-12-20-19-9-5-4-6-16(19)10-13-21(20)22(17)23/h1-15H. The molecule has 0 spiro atoms. The monoisotopic (exact) mass is 293 g/mol. The molecule has 108 valence electrons. The minimum absolute atomic E-state index is 1.20. The van der Waals surface area contributed by atoms with Crippen LogP contribution in [0.4, 0.5) is 0 Å². The van der Waals surface area contributed by atoms with Crippen molar-refractivity contribution in [2.45, 2.75) is 0 Å². The minimum Gasteiger partial charge on any atom is -0.316 e. The van der Waals surface area contributed by atoms with Crippen molar-refractivity contribution in [3.8, 4) is 5.69 Å². The lowest BCUT2D eigenvalue weighted by Crippen LogP contribution is -1.92. The number of nitrogens with zero attached hydrogens (tertiary/aromatic N) is 1. The Labute approximate surface area is 134 Å². The molecule has 0 saturated heterocycles. The van der Waals surface area contributed by atoms with Gasteiger partial charge in [0.25, 0.3) is 0 Å². The zero-order valence-electron chi connectivity index (χ0n) is 12.6. The Morgan fingerprint density at radius 3 is 2.13 bits per heavy atom. The summed E-state index contributed by atoms with van der Waals surface area (Å²) in [5, 5.41) is 6.49. The third-order valence-corrected chi connectivity index (χ3v) is 4.61. The Bertz CT molecular complexity index is 1150. The van der Waals surface area contributed by atoms with Gasteiger partial charge in [-0.25, -0.2) is 0 Å². The van der Waals surface area contributed by atoms with Crippen LogP contribution in [0.1, 0.15) is 0 Å². The van der Waals surface area contributed by atoms with Crippen LogP contribution in [0.15, 0.2) is 91.1 Å². The molecule has 1 heteroatoms. The molecule has 23 heavy (non-hydrogen) atoms. The number of aromatic nitrogens is 1. The fourth-order valence-electron chi connectivity index (χ4n) is 3.53. The molecule has 0 radical (unpaired) electrons. The van der Waals surface area contributed by atoms with Crippen LogP contribution in [0.25, 0.3) is 38.1 Å². The van der Waals surface area contributed by atoms with E-state index in [9.17, 15) is 0 Å². The molecule has 4 aromatic carbocycles. The highest BCUT2D eigenvalue weighted by atomic mass is 15.0. The molecule has 1 nitrogen and oxygen atoms in total.